The number of benzene rings is 1. The Morgan fingerprint density at radius 3 is 3.04 bits per heavy atom. The van der Waals surface area contributed by atoms with Crippen molar-refractivity contribution >= 4 is 17.5 Å². The van der Waals surface area contributed by atoms with Crippen LogP contribution in [0, 0.1) is 11.8 Å². The molecule has 2 amide bonds. The summed E-state index contributed by atoms with van der Waals surface area (Å²) < 4.78 is 16.7. The van der Waals surface area contributed by atoms with Crippen LogP contribution in [0.5, 0.6) is 5.75 Å². The second kappa shape index (κ2) is 6.24. The number of carbonyl (C=O) groups excluding carboxylic acids is 2. The Balaban J connectivity index is 1.40. The van der Waals surface area contributed by atoms with Gasteiger partial charge in [-0.3, -0.25) is 9.59 Å². The molecule has 2 saturated heterocycles. The van der Waals surface area contributed by atoms with Crippen LogP contribution in [0.4, 0.5) is 5.69 Å². The van der Waals surface area contributed by atoms with Gasteiger partial charge in [-0.2, -0.15) is 0 Å². The molecule has 1 N–H and O–H groups in total. The van der Waals surface area contributed by atoms with Crippen molar-refractivity contribution in [2.24, 2.45) is 11.8 Å². The van der Waals surface area contributed by atoms with Crippen molar-refractivity contribution in [3.05, 3.63) is 60.6 Å². The van der Waals surface area contributed by atoms with Gasteiger partial charge in [-0.1, -0.05) is 18.2 Å². The van der Waals surface area contributed by atoms with Gasteiger partial charge in [0.05, 0.1) is 44.4 Å². The minimum atomic E-state index is -0.752. The number of amides is 2. The fourth-order valence-corrected chi connectivity index (χ4v) is 4.50. The quantitative estimate of drug-likeness (QED) is 0.802. The molecular weight excluding hydrogens is 360 g/mol. The number of nitrogens with zero attached hydrogens (tertiary/aromatic N) is 1. The normalized spacial score (nSPS) is 30.0. The minimum Gasteiger partial charge on any atom is -0.497 e. The average Bonchev–Trinajstić information content (AvgIpc) is 3.48. The fraction of sp³-hybridized carbons (Fsp3) is 0.333. The molecule has 7 heteroatoms. The average molecular weight is 380 g/mol. The van der Waals surface area contributed by atoms with E-state index in [0.29, 0.717) is 18.1 Å². The third-order valence-corrected chi connectivity index (χ3v) is 5.79. The summed E-state index contributed by atoms with van der Waals surface area (Å²) in [7, 11) is 1.59. The van der Waals surface area contributed by atoms with E-state index in [1.807, 2.05) is 36.4 Å². The zero-order valence-corrected chi connectivity index (χ0v) is 15.3. The molecule has 28 heavy (non-hydrogen) atoms. The molecule has 0 saturated carbocycles. The summed E-state index contributed by atoms with van der Waals surface area (Å²) in [5.41, 5.74) is -0.0133. The van der Waals surface area contributed by atoms with Gasteiger partial charge in [-0.15, -0.1) is 0 Å². The SMILES string of the molecule is COc1cccc(N2CC34C=CC(O3)C(C(=O)NCc3ccco3)C4C2=O)c1. The number of rotatable bonds is 5. The number of fused-ring (bicyclic) bond motifs is 1. The van der Waals surface area contributed by atoms with Crippen LogP contribution in [0.15, 0.2) is 59.2 Å². The maximum absolute atomic E-state index is 13.3. The lowest BCUT2D eigenvalue weighted by atomic mass is 9.77. The molecule has 1 aromatic carbocycles. The summed E-state index contributed by atoms with van der Waals surface area (Å²) in [6, 6.07) is 10.9. The van der Waals surface area contributed by atoms with Gasteiger partial charge in [0.25, 0.3) is 0 Å². The van der Waals surface area contributed by atoms with Gasteiger partial charge in [-0.05, 0) is 24.3 Å². The Bertz CT molecular complexity index is 953. The van der Waals surface area contributed by atoms with Crippen LogP contribution < -0.4 is 15.0 Å². The number of hydrogen-bond acceptors (Lipinski definition) is 5. The molecule has 3 aliphatic heterocycles. The Kier molecular flexibility index (Phi) is 3.80. The van der Waals surface area contributed by atoms with Crippen LogP contribution in [0.2, 0.25) is 0 Å². The molecular formula is C21H20N2O5. The first-order chi connectivity index (χ1) is 13.6. The summed E-state index contributed by atoms with van der Waals surface area (Å²) in [5, 5.41) is 2.88. The third kappa shape index (κ3) is 2.46. The molecule has 4 unspecified atom stereocenters. The molecule has 2 bridgehead atoms. The summed E-state index contributed by atoms with van der Waals surface area (Å²) in [4.78, 5) is 27.9. The molecule has 0 radical (unpaired) electrons. The Morgan fingerprint density at radius 1 is 1.36 bits per heavy atom. The highest BCUT2D eigenvalue weighted by molar-refractivity contribution is 6.03. The second-order valence-electron chi connectivity index (χ2n) is 7.32. The number of methoxy groups -OCH3 is 1. The van der Waals surface area contributed by atoms with Gasteiger partial charge in [0.2, 0.25) is 11.8 Å². The van der Waals surface area contributed by atoms with Crippen molar-refractivity contribution in [1.82, 2.24) is 5.32 Å². The molecule has 144 valence electrons. The number of furan rings is 1. The van der Waals surface area contributed by atoms with Gasteiger partial charge in [0.1, 0.15) is 17.1 Å². The predicted molar refractivity (Wildman–Crippen MR) is 99.6 cm³/mol. The first kappa shape index (κ1) is 17.1. The largest absolute Gasteiger partial charge is 0.497 e. The van der Waals surface area contributed by atoms with E-state index >= 15 is 0 Å². The van der Waals surface area contributed by atoms with Gasteiger partial charge in [0.15, 0.2) is 0 Å². The van der Waals surface area contributed by atoms with Crippen LogP contribution in [0.25, 0.3) is 0 Å². The van der Waals surface area contributed by atoms with E-state index < -0.39 is 17.4 Å². The smallest absolute Gasteiger partial charge is 0.234 e. The van der Waals surface area contributed by atoms with E-state index in [2.05, 4.69) is 5.32 Å². The number of anilines is 1. The van der Waals surface area contributed by atoms with Gasteiger partial charge >= 0.3 is 0 Å². The first-order valence-corrected chi connectivity index (χ1v) is 9.24. The lowest BCUT2D eigenvalue weighted by Crippen LogP contribution is -2.43. The Labute approximate surface area is 161 Å². The lowest BCUT2D eigenvalue weighted by Gasteiger charge is -2.23. The highest BCUT2D eigenvalue weighted by Crippen LogP contribution is 2.52. The van der Waals surface area contributed by atoms with Crippen LogP contribution >= 0.6 is 0 Å². The maximum atomic E-state index is 13.3. The highest BCUT2D eigenvalue weighted by atomic mass is 16.5. The fourth-order valence-electron chi connectivity index (χ4n) is 4.50. The van der Waals surface area contributed by atoms with Gasteiger partial charge in [-0.25, -0.2) is 0 Å². The molecule has 3 aliphatic rings. The molecule has 4 atom stereocenters. The molecule has 2 aromatic rings. The Hall–Kier alpha value is -3.06. The van der Waals surface area contributed by atoms with Crippen molar-refractivity contribution in [3.8, 4) is 5.75 Å². The molecule has 7 nitrogen and oxygen atoms in total. The number of ether oxygens (including phenoxy) is 2. The van der Waals surface area contributed by atoms with Crippen LogP contribution in [0.1, 0.15) is 5.76 Å². The summed E-state index contributed by atoms with van der Waals surface area (Å²) >= 11 is 0. The van der Waals surface area contributed by atoms with Crippen LogP contribution in [-0.2, 0) is 20.9 Å². The van der Waals surface area contributed by atoms with E-state index in [-0.39, 0.29) is 24.5 Å². The summed E-state index contributed by atoms with van der Waals surface area (Å²) in [5.74, 6) is -0.0446. The first-order valence-electron chi connectivity index (χ1n) is 9.24. The van der Waals surface area contributed by atoms with E-state index in [1.165, 1.54) is 0 Å². The number of nitrogens with one attached hydrogen (secondary N) is 1. The zero-order chi connectivity index (χ0) is 19.3. The molecule has 2 fully saturated rings. The van der Waals surface area contributed by atoms with Gasteiger partial charge in [0, 0.05) is 11.8 Å². The minimum absolute atomic E-state index is 0.0988. The van der Waals surface area contributed by atoms with Crippen molar-refractivity contribution in [2.45, 2.75) is 18.2 Å². The monoisotopic (exact) mass is 380 g/mol. The molecule has 1 aromatic heterocycles. The van der Waals surface area contributed by atoms with Gasteiger partial charge < -0.3 is 24.1 Å². The lowest BCUT2D eigenvalue weighted by molar-refractivity contribution is -0.132. The molecule has 1 spiro atoms. The third-order valence-electron chi connectivity index (χ3n) is 5.79. The zero-order valence-electron chi connectivity index (χ0n) is 15.3. The molecule has 0 aliphatic carbocycles. The second-order valence-corrected chi connectivity index (χ2v) is 7.32. The molecule has 5 rings (SSSR count). The van der Waals surface area contributed by atoms with E-state index in [4.69, 9.17) is 13.9 Å². The topological polar surface area (TPSA) is 81.0 Å². The van der Waals surface area contributed by atoms with E-state index in [9.17, 15) is 9.59 Å². The van der Waals surface area contributed by atoms with Crippen molar-refractivity contribution in [1.29, 1.82) is 0 Å². The van der Waals surface area contributed by atoms with E-state index in [0.717, 1.165) is 5.69 Å². The van der Waals surface area contributed by atoms with E-state index in [1.54, 1.807) is 30.4 Å². The summed E-state index contributed by atoms with van der Waals surface area (Å²) in [6.07, 6.45) is 5.03. The van der Waals surface area contributed by atoms with Crippen LogP contribution in [0.3, 0.4) is 0 Å². The highest BCUT2D eigenvalue weighted by Gasteiger charge is 2.67. The number of hydrogen-bond donors (Lipinski definition) is 1. The Morgan fingerprint density at radius 2 is 2.25 bits per heavy atom. The van der Waals surface area contributed by atoms with Crippen LogP contribution in [-0.4, -0.2) is 37.2 Å². The maximum Gasteiger partial charge on any atom is 0.234 e. The van der Waals surface area contributed by atoms with Crippen molar-refractivity contribution in [3.63, 3.8) is 0 Å². The predicted octanol–water partition coefficient (Wildman–Crippen LogP) is 1.89. The molecule has 4 heterocycles. The standard InChI is InChI=1S/C21H20N2O5/c1-26-14-5-2-4-13(10-14)23-12-21-8-7-16(28-21)17(18(21)20(23)25)19(24)22-11-15-6-3-9-27-15/h2-10,16-18H,11-12H2,1H3,(H,22,24). The van der Waals surface area contributed by atoms with Crippen molar-refractivity contribution in [2.75, 3.05) is 18.6 Å². The summed E-state index contributed by atoms with van der Waals surface area (Å²) in [6.45, 7) is 0.672. The number of carbonyl (C=O) groups is 2. The van der Waals surface area contributed by atoms with Crippen molar-refractivity contribution < 1.29 is 23.5 Å².